The molecule has 0 bridgehead atoms. The molecule has 0 radical (unpaired) electrons. The number of imidazole rings is 1. The van der Waals surface area contributed by atoms with Gasteiger partial charge in [-0.1, -0.05) is 30.3 Å². The summed E-state index contributed by atoms with van der Waals surface area (Å²) < 4.78 is 19.7. The van der Waals surface area contributed by atoms with E-state index in [4.69, 9.17) is 19.9 Å². The Balaban J connectivity index is 1.48. The van der Waals surface area contributed by atoms with Crippen LogP contribution in [-0.4, -0.2) is 38.5 Å². The number of hydrogen-bond acceptors (Lipinski definition) is 7. The van der Waals surface area contributed by atoms with E-state index in [0.29, 0.717) is 30.2 Å². The van der Waals surface area contributed by atoms with E-state index in [0.717, 1.165) is 5.56 Å². The highest BCUT2D eigenvalue weighted by Crippen LogP contribution is 2.33. The van der Waals surface area contributed by atoms with Gasteiger partial charge in [0.05, 0.1) is 12.9 Å². The van der Waals surface area contributed by atoms with Gasteiger partial charge in [0.2, 0.25) is 5.79 Å². The van der Waals surface area contributed by atoms with Crippen molar-refractivity contribution in [2.75, 3.05) is 18.9 Å². The van der Waals surface area contributed by atoms with Crippen molar-refractivity contribution in [3.05, 3.63) is 60.7 Å². The van der Waals surface area contributed by atoms with E-state index < -0.39 is 12.0 Å². The first-order valence-electron chi connectivity index (χ1n) is 8.76. The van der Waals surface area contributed by atoms with Crippen LogP contribution >= 0.6 is 0 Å². The summed E-state index contributed by atoms with van der Waals surface area (Å²) >= 11 is 0. The van der Waals surface area contributed by atoms with Crippen LogP contribution in [0, 0.1) is 0 Å². The highest BCUT2D eigenvalue weighted by Gasteiger charge is 2.38. The molecule has 27 heavy (non-hydrogen) atoms. The quantitative estimate of drug-likeness (QED) is 0.641. The summed E-state index contributed by atoms with van der Waals surface area (Å²) in [7, 11) is 0. The van der Waals surface area contributed by atoms with E-state index in [1.807, 2.05) is 49.4 Å². The normalized spacial score (nSPS) is 21.9. The fourth-order valence-electron chi connectivity index (χ4n) is 3.05. The summed E-state index contributed by atoms with van der Waals surface area (Å²) in [6, 6.07) is 9.98. The number of nitrogens with zero attached hydrogens (tertiary/aromatic N) is 4. The smallest absolute Gasteiger partial charge is 0.214 e. The monoisotopic (exact) mass is 367 g/mol. The fraction of sp³-hybridized carbons (Fsp3) is 0.316. The molecule has 4 rings (SSSR count). The standard InChI is InChI=1S/C19H21N5O3/c1-2-26-19(11-25-10-14-6-4-3-5-7-14)9-8-15(27-19)24-13-23-16-17(20)21-12-22-18(16)24/h3-9,12-13,15H,2,10-11H2,1H3,(H2,20,21,22)/t15-,19+/m1/s1. The lowest BCUT2D eigenvalue weighted by molar-refractivity contribution is -0.243. The molecule has 0 amide bonds. The number of nitrogen functional groups attached to an aromatic ring is 1. The van der Waals surface area contributed by atoms with Crippen LogP contribution in [0.4, 0.5) is 5.82 Å². The summed E-state index contributed by atoms with van der Waals surface area (Å²) in [5.41, 5.74) is 8.10. The van der Waals surface area contributed by atoms with E-state index in [2.05, 4.69) is 15.0 Å². The Morgan fingerprint density at radius 3 is 2.89 bits per heavy atom. The highest BCUT2D eigenvalue weighted by molar-refractivity contribution is 5.81. The Hall–Kier alpha value is -2.81. The van der Waals surface area contributed by atoms with Gasteiger partial charge in [0, 0.05) is 6.61 Å². The van der Waals surface area contributed by atoms with Crippen LogP contribution in [0.3, 0.4) is 0 Å². The third-order valence-corrected chi connectivity index (χ3v) is 4.30. The average molecular weight is 367 g/mol. The van der Waals surface area contributed by atoms with E-state index >= 15 is 0 Å². The Morgan fingerprint density at radius 1 is 1.22 bits per heavy atom. The van der Waals surface area contributed by atoms with Crippen molar-refractivity contribution >= 4 is 17.0 Å². The first kappa shape index (κ1) is 17.6. The van der Waals surface area contributed by atoms with Crippen molar-refractivity contribution < 1.29 is 14.2 Å². The van der Waals surface area contributed by atoms with Crippen LogP contribution in [0.5, 0.6) is 0 Å². The highest BCUT2D eigenvalue weighted by atomic mass is 16.7. The van der Waals surface area contributed by atoms with Crippen molar-refractivity contribution in [2.24, 2.45) is 0 Å². The van der Waals surface area contributed by atoms with Crippen molar-refractivity contribution in [1.29, 1.82) is 0 Å². The number of hydrogen-bond donors (Lipinski definition) is 1. The second-order valence-electron chi connectivity index (χ2n) is 6.17. The van der Waals surface area contributed by atoms with E-state index in [9.17, 15) is 0 Å². The first-order valence-corrected chi connectivity index (χ1v) is 8.76. The van der Waals surface area contributed by atoms with Crippen LogP contribution in [-0.2, 0) is 20.8 Å². The number of fused-ring (bicyclic) bond motifs is 1. The molecular formula is C19H21N5O3. The van der Waals surface area contributed by atoms with Crippen molar-refractivity contribution in [3.63, 3.8) is 0 Å². The molecule has 140 valence electrons. The van der Waals surface area contributed by atoms with Gasteiger partial charge in [-0.05, 0) is 24.6 Å². The molecule has 0 unspecified atom stereocenters. The zero-order chi connectivity index (χ0) is 18.7. The molecule has 3 aromatic rings. The summed E-state index contributed by atoms with van der Waals surface area (Å²) in [6.07, 6.45) is 6.41. The van der Waals surface area contributed by atoms with Crippen molar-refractivity contribution in [2.45, 2.75) is 25.5 Å². The van der Waals surface area contributed by atoms with Crippen LogP contribution < -0.4 is 5.73 Å². The molecule has 0 spiro atoms. The van der Waals surface area contributed by atoms with Crippen LogP contribution in [0.25, 0.3) is 11.2 Å². The minimum Gasteiger partial charge on any atom is -0.382 e. The summed E-state index contributed by atoms with van der Waals surface area (Å²) in [5.74, 6) is -0.619. The Kier molecular flexibility index (Phi) is 4.85. The predicted molar refractivity (Wildman–Crippen MR) is 99.5 cm³/mol. The fourth-order valence-corrected chi connectivity index (χ4v) is 3.05. The van der Waals surface area contributed by atoms with Gasteiger partial charge >= 0.3 is 0 Å². The van der Waals surface area contributed by atoms with E-state index in [-0.39, 0.29) is 6.61 Å². The summed E-state index contributed by atoms with van der Waals surface area (Å²) in [5, 5.41) is 0. The largest absolute Gasteiger partial charge is 0.382 e. The van der Waals surface area contributed by atoms with Crippen LogP contribution in [0.15, 0.2) is 55.1 Å². The molecule has 0 saturated heterocycles. The van der Waals surface area contributed by atoms with Gasteiger partial charge in [-0.3, -0.25) is 4.57 Å². The summed E-state index contributed by atoms with van der Waals surface area (Å²) in [4.78, 5) is 12.5. The molecule has 8 nitrogen and oxygen atoms in total. The number of anilines is 1. The minimum absolute atomic E-state index is 0.270. The van der Waals surface area contributed by atoms with Gasteiger partial charge in [0.1, 0.15) is 18.5 Å². The second kappa shape index (κ2) is 7.43. The van der Waals surface area contributed by atoms with Gasteiger partial charge < -0.3 is 19.9 Å². The Morgan fingerprint density at radius 2 is 2.07 bits per heavy atom. The molecule has 2 N–H and O–H groups in total. The third-order valence-electron chi connectivity index (χ3n) is 4.30. The molecule has 1 aliphatic heterocycles. The maximum absolute atomic E-state index is 6.18. The third kappa shape index (κ3) is 3.55. The molecule has 8 heteroatoms. The minimum atomic E-state index is -0.955. The Labute approximate surface area is 156 Å². The SMILES string of the molecule is CCO[C@@]1(COCc2ccccc2)C=C[C@H](n2cnc3c(N)ncnc32)O1. The summed E-state index contributed by atoms with van der Waals surface area (Å²) in [6.45, 7) is 3.16. The van der Waals surface area contributed by atoms with Crippen LogP contribution in [0.1, 0.15) is 18.7 Å². The first-order chi connectivity index (χ1) is 13.2. The van der Waals surface area contributed by atoms with Gasteiger partial charge in [0.25, 0.3) is 0 Å². The number of nitrogens with two attached hydrogens (primary N) is 1. The Bertz CT molecular complexity index is 943. The van der Waals surface area contributed by atoms with Gasteiger partial charge in [0.15, 0.2) is 17.7 Å². The number of ether oxygens (including phenoxy) is 3. The zero-order valence-corrected chi connectivity index (χ0v) is 15.0. The molecule has 1 aliphatic rings. The molecule has 1 aromatic carbocycles. The molecule has 2 aromatic heterocycles. The zero-order valence-electron chi connectivity index (χ0n) is 15.0. The maximum atomic E-state index is 6.18. The van der Waals surface area contributed by atoms with Crippen molar-refractivity contribution in [1.82, 2.24) is 19.5 Å². The molecule has 2 atom stereocenters. The lowest BCUT2D eigenvalue weighted by Gasteiger charge is -2.28. The molecule has 3 heterocycles. The maximum Gasteiger partial charge on any atom is 0.214 e. The number of rotatable bonds is 7. The van der Waals surface area contributed by atoms with E-state index in [1.54, 1.807) is 10.9 Å². The lowest BCUT2D eigenvalue weighted by Crippen LogP contribution is -2.37. The molecule has 0 fully saturated rings. The second-order valence-corrected chi connectivity index (χ2v) is 6.17. The van der Waals surface area contributed by atoms with E-state index in [1.165, 1.54) is 6.33 Å². The van der Waals surface area contributed by atoms with Gasteiger partial charge in [-0.2, -0.15) is 0 Å². The molecule has 0 aliphatic carbocycles. The van der Waals surface area contributed by atoms with Crippen molar-refractivity contribution in [3.8, 4) is 0 Å². The predicted octanol–water partition coefficient (Wildman–Crippen LogP) is 2.44. The topological polar surface area (TPSA) is 97.3 Å². The number of aromatic nitrogens is 4. The lowest BCUT2D eigenvalue weighted by atomic mass is 10.2. The van der Waals surface area contributed by atoms with Gasteiger partial charge in [-0.25, -0.2) is 15.0 Å². The van der Waals surface area contributed by atoms with Gasteiger partial charge in [-0.15, -0.1) is 0 Å². The molecular weight excluding hydrogens is 346 g/mol. The average Bonchev–Trinajstić information content (AvgIpc) is 3.28. The molecule has 0 saturated carbocycles. The van der Waals surface area contributed by atoms with Crippen LogP contribution in [0.2, 0.25) is 0 Å². The number of benzene rings is 1.